The molecule has 0 fully saturated rings. The Labute approximate surface area is 167 Å². The summed E-state index contributed by atoms with van der Waals surface area (Å²) in [7, 11) is -4.33. The van der Waals surface area contributed by atoms with Gasteiger partial charge >= 0.3 is 21.9 Å². The van der Waals surface area contributed by atoms with Crippen molar-refractivity contribution in [3.05, 3.63) is 64.0 Å². The Morgan fingerprint density at radius 1 is 1.00 bits per heavy atom. The van der Waals surface area contributed by atoms with E-state index in [1.54, 1.807) is 0 Å². The predicted octanol–water partition coefficient (Wildman–Crippen LogP) is 3.46. The second-order valence-electron chi connectivity index (χ2n) is 6.54. The lowest BCUT2D eigenvalue weighted by molar-refractivity contribution is -0.136. The molecular formula is C19H12F3NO6S. The largest absolute Gasteiger partial charge is 0.423 e. The maximum absolute atomic E-state index is 13.1. The lowest BCUT2D eigenvalue weighted by atomic mass is 10.0. The van der Waals surface area contributed by atoms with Crippen LogP contribution in [0.25, 0.3) is 11.0 Å². The Kier molecular flexibility index (Phi) is 4.57. The molecule has 1 amide bonds. The molecule has 7 nitrogen and oxygen atoms in total. The third-order valence-electron chi connectivity index (χ3n) is 4.49. The van der Waals surface area contributed by atoms with E-state index in [2.05, 4.69) is 5.32 Å². The molecule has 1 N–H and O–H groups in total. The summed E-state index contributed by atoms with van der Waals surface area (Å²) >= 11 is 0. The first-order valence-corrected chi connectivity index (χ1v) is 9.96. The molecule has 1 aliphatic heterocycles. The average Bonchev–Trinajstić information content (AvgIpc) is 2.65. The molecular weight excluding hydrogens is 427 g/mol. The first kappa shape index (κ1) is 20.0. The molecule has 0 unspecified atom stereocenters. The number of rotatable bonds is 3. The van der Waals surface area contributed by atoms with E-state index in [9.17, 15) is 31.2 Å². The Morgan fingerprint density at radius 2 is 1.77 bits per heavy atom. The maximum Gasteiger partial charge on any atom is 0.417 e. The SMILES string of the molecule is O=C1CCc2cc(S(=O)(=O)Oc3ccc4c(C(F)(F)F)cc(=O)oc4c3)ccc2N1. The molecule has 0 aliphatic carbocycles. The number of nitrogens with one attached hydrogen (secondary N) is 1. The van der Waals surface area contributed by atoms with Crippen LogP contribution in [0.4, 0.5) is 18.9 Å². The van der Waals surface area contributed by atoms with Crippen LogP contribution in [0, 0.1) is 0 Å². The molecule has 2 aromatic carbocycles. The van der Waals surface area contributed by atoms with Gasteiger partial charge in [0.1, 0.15) is 16.2 Å². The van der Waals surface area contributed by atoms with Gasteiger partial charge in [-0.05, 0) is 42.3 Å². The molecule has 2 heterocycles. The van der Waals surface area contributed by atoms with Gasteiger partial charge in [0, 0.05) is 29.6 Å². The van der Waals surface area contributed by atoms with E-state index in [4.69, 9.17) is 8.60 Å². The lowest BCUT2D eigenvalue weighted by Gasteiger charge is -2.17. The molecule has 0 saturated carbocycles. The molecule has 30 heavy (non-hydrogen) atoms. The number of hydrogen-bond acceptors (Lipinski definition) is 6. The lowest BCUT2D eigenvalue weighted by Crippen LogP contribution is -2.19. The molecule has 1 aromatic heterocycles. The zero-order valence-electron chi connectivity index (χ0n) is 14.9. The number of halogens is 3. The summed E-state index contributed by atoms with van der Waals surface area (Å²) in [5, 5.41) is 2.22. The number of alkyl halides is 3. The van der Waals surface area contributed by atoms with Crippen molar-refractivity contribution in [2.75, 3.05) is 5.32 Å². The van der Waals surface area contributed by atoms with E-state index < -0.39 is 38.5 Å². The van der Waals surface area contributed by atoms with Crippen molar-refractivity contribution in [1.82, 2.24) is 0 Å². The van der Waals surface area contributed by atoms with Crippen molar-refractivity contribution in [1.29, 1.82) is 0 Å². The van der Waals surface area contributed by atoms with Gasteiger partial charge in [-0.1, -0.05) is 0 Å². The summed E-state index contributed by atoms with van der Waals surface area (Å²) in [4.78, 5) is 22.7. The van der Waals surface area contributed by atoms with Crippen LogP contribution in [0.15, 0.2) is 56.6 Å². The van der Waals surface area contributed by atoms with Gasteiger partial charge in [0.05, 0.1) is 5.56 Å². The van der Waals surface area contributed by atoms with Crippen molar-refractivity contribution in [2.24, 2.45) is 0 Å². The van der Waals surface area contributed by atoms with Crippen LogP contribution in [0.2, 0.25) is 0 Å². The Balaban J connectivity index is 1.70. The van der Waals surface area contributed by atoms with E-state index in [0.29, 0.717) is 23.7 Å². The van der Waals surface area contributed by atoms with Gasteiger partial charge in [0.15, 0.2) is 0 Å². The van der Waals surface area contributed by atoms with Gasteiger partial charge in [-0.3, -0.25) is 4.79 Å². The number of aryl methyl sites for hydroxylation is 1. The summed E-state index contributed by atoms with van der Waals surface area (Å²) in [6.07, 6.45) is -4.23. The van der Waals surface area contributed by atoms with Gasteiger partial charge in [-0.25, -0.2) is 4.79 Å². The average molecular weight is 439 g/mol. The molecule has 0 bridgehead atoms. The second-order valence-corrected chi connectivity index (χ2v) is 8.09. The van der Waals surface area contributed by atoms with Crippen LogP contribution in [-0.4, -0.2) is 14.3 Å². The number of hydrogen-bond donors (Lipinski definition) is 1. The second kappa shape index (κ2) is 6.87. The van der Waals surface area contributed by atoms with Crippen molar-refractivity contribution < 1.29 is 35.0 Å². The molecule has 11 heteroatoms. The van der Waals surface area contributed by atoms with Gasteiger partial charge in [-0.15, -0.1) is 0 Å². The minimum Gasteiger partial charge on any atom is -0.423 e. The van der Waals surface area contributed by atoms with Crippen molar-refractivity contribution >= 4 is 32.7 Å². The summed E-state index contributed by atoms with van der Waals surface area (Å²) in [6.45, 7) is 0. The Bertz CT molecular complexity index is 1340. The third kappa shape index (κ3) is 3.75. The van der Waals surface area contributed by atoms with E-state index in [0.717, 1.165) is 18.2 Å². The maximum atomic E-state index is 13.1. The number of anilines is 1. The van der Waals surface area contributed by atoms with E-state index >= 15 is 0 Å². The van der Waals surface area contributed by atoms with Crippen molar-refractivity contribution in [3.63, 3.8) is 0 Å². The smallest absolute Gasteiger partial charge is 0.417 e. The van der Waals surface area contributed by atoms with Crippen molar-refractivity contribution in [3.8, 4) is 5.75 Å². The molecule has 0 saturated heterocycles. The van der Waals surface area contributed by atoms with Crippen LogP contribution >= 0.6 is 0 Å². The number of fused-ring (bicyclic) bond motifs is 2. The molecule has 4 rings (SSSR count). The third-order valence-corrected chi connectivity index (χ3v) is 5.73. The topological polar surface area (TPSA) is 103 Å². The highest BCUT2D eigenvalue weighted by Gasteiger charge is 2.34. The highest BCUT2D eigenvalue weighted by molar-refractivity contribution is 7.87. The number of amides is 1. The predicted molar refractivity (Wildman–Crippen MR) is 98.7 cm³/mol. The zero-order valence-corrected chi connectivity index (χ0v) is 15.8. The number of carbonyl (C=O) groups excluding carboxylic acids is 1. The molecule has 0 atom stereocenters. The molecule has 0 spiro atoms. The summed E-state index contributed by atoms with van der Waals surface area (Å²) in [6, 6.07) is 7.25. The first-order chi connectivity index (χ1) is 14.0. The zero-order chi connectivity index (χ0) is 21.7. The summed E-state index contributed by atoms with van der Waals surface area (Å²) in [5.74, 6) is -0.499. The fourth-order valence-corrected chi connectivity index (χ4v) is 4.09. The Morgan fingerprint density at radius 3 is 2.50 bits per heavy atom. The molecule has 1 aliphatic rings. The van der Waals surface area contributed by atoms with Crippen molar-refractivity contribution in [2.45, 2.75) is 23.9 Å². The summed E-state index contributed by atoms with van der Waals surface area (Å²) < 4.78 is 74.3. The van der Waals surface area contributed by atoms with Gasteiger partial charge in [-0.2, -0.15) is 21.6 Å². The molecule has 3 aromatic rings. The normalized spacial score (nSPS) is 14.3. The minimum atomic E-state index is -4.79. The number of carbonyl (C=O) groups is 1. The monoisotopic (exact) mass is 439 g/mol. The fraction of sp³-hybridized carbons (Fsp3) is 0.158. The highest BCUT2D eigenvalue weighted by atomic mass is 32.2. The quantitative estimate of drug-likeness (QED) is 0.495. The van der Waals surface area contributed by atoms with E-state index in [-0.39, 0.29) is 23.0 Å². The number of benzene rings is 2. The van der Waals surface area contributed by atoms with Crippen LogP contribution in [0.5, 0.6) is 5.75 Å². The van der Waals surface area contributed by atoms with Gasteiger partial charge in [0.25, 0.3) is 0 Å². The summed E-state index contributed by atoms with van der Waals surface area (Å²) in [5.41, 5.74) is -1.78. The van der Waals surface area contributed by atoms with Crippen LogP contribution in [0.1, 0.15) is 17.5 Å². The first-order valence-electron chi connectivity index (χ1n) is 8.55. The van der Waals surface area contributed by atoms with E-state index in [1.807, 2.05) is 0 Å². The van der Waals surface area contributed by atoms with Gasteiger partial charge in [0.2, 0.25) is 5.91 Å². The minimum absolute atomic E-state index is 0.176. The molecule has 0 radical (unpaired) electrons. The van der Waals surface area contributed by atoms with Gasteiger partial charge < -0.3 is 13.9 Å². The van der Waals surface area contributed by atoms with Crippen LogP contribution < -0.4 is 15.1 Å². The standard InChI is InChI=1S/C19H12F3NO6S/c20-19(21,22)14-9-18(25)28-16-8-11(2-4-13(14)16)29-30(26,27)12-3-5-15-10(7-12)1-6-17(24)23-15/h2-5,7-9H,1,6H2,(H,23,24). The van der Waals surface area contributed by atoms with Crippen LogP contribution in [-0.2, 0) is 27.5 Å². The highest BCUT2D eigenvalue weighted by Crippen LogP contribution is 2.35. The fourth-order valence-electron chi connectivity index (χ4n) is 3.12. The molecule has 156 valence electrons. The van der Waals surface area contributed by atoms with Crippen LogP contribution in [0.3, 0.4) is 0 Å². The van der Waals surface area contributed by atoms with E-state index in [1.165, 1.54) is 18.2 Å². The Hall–Kier alpha value is -3.34.